The molecule has 3 rings (SSSR count). The summed E-state index contributed by atoms with van der Waals surface area (Å²) in [7, 11) is 0. The molecule has 0 saturated heterocycles. The third-order valence-electron chi connectivity index (χ3n) is 5.29. The van der Waals surface area contributed by atoms with Crippen molar-refractivity contribution in [2.45, 2.75) is 64.5 Å². The van der Waals surface area contributed by atoms with Crippen molar-refractivity contribution >= 4 is 0 Å². The van der Waals surface area contributed by atoms with Crippen LogP contribution in [-0.2, 0) is 6.42 Å². The normalized spacial score (nSPS) is 33.7. The molecule has 0 aromatic heterocycles. The van der Waals surface area contributed by atoms with Crippen molar-refractivity contribution in [1.82, 2.24) is 5.32 Å². The third-order valence-corrected chi connectivity index (χ3v) is 5.29. The Balaban J connectivity index is 1.73. The first-order chi connectivity index (χ1) is 9.63. The highest BCUT2D eigenvalue weighted by molar-refractivity contribution is 5.38. The molecule has 2 N–H and O–H groups in total. The van der Waals surface area contributed by atoms with Gasteiger partial charge in [0.2, 0.25) is 0 Å². The summed E-state index contributed by atoms with van der Waals surface area (Å²) in [6.45, 7) is 4.78. The van der Waals surface area contributed by atoms with E-state index in [9.17, 15) is 5.11 Å². The van der Waals surface area contributed by atoms with Gasteiger partial charge in [-0.1, -0.05) is 19.9 Å². The van der Waals surface area contributed by atoms with Crippen LogP contribution < -0.4 is 5.32 Å². The predicted molar refractivity (Wildman–Crippen MR) is 82.9 cm³/mol. The molecule has 2 aliphatic carbocycles. The Morgan fingerprint density at radius 3 is 2.80 bits per heavy atom. The lowest BCUT2D eigenvalue weighted by atomic mass is 9.78. The number of benzene rings is 1. The topological polar surface area (TPSA) is 32.3 Å². The van der Waals surface area contributed by atoms with Gasteiger partial charge in [0.25, 0.3) is 0 Å². The fourth-order valence-electron chi connectivity index (χ4n) is 4.15. The van der Waals surface area contributed by atoms with Crippen molar-refractivity contribution in [2.75, 3.05) is 0 Å². The van der Waals surface area contributed by atoms with Crippen molar-refractivity contribution in [2.24, 2.45) is 11.8 Å². The van der Waals surface area contributed by atoms with Crippen LogP contribution in [0.1, 0.15) is 63.1 Å². The van der Waals surface area contributed by atoms with E-state index in [-0.39, 0.29) is 0 Å². The molecule has 0 radical (unpaired) electrons. The van der Waals surface area contributed by atoms with E-state index < -0.39 is 0 Å². The highest BCUT2D eigenvalue weighted by Crippen LogP contribution is 2.35. The van der Waals surface area contributed by atoms with Gasteiger partial charge in [0.1, 0.15) is 5.75 Å². The first-order valence-electron chi connectivity index (χ1n) is 8.21. The molecule has 110 valence electrons. The summed E-state index contributed by atoms with van der Waals surface area (Å²) >= 11 is 0. The summed E-state index contributed by atoms with van der Waals surface area (Å²) in [6.07, 6.45) is 7.59. The fraction of sp³-hybridized carbons (Fsp3) is 0.667. The number of aromatic hydroxyl groups is 1. The first-order valence-corrected chi connectivity index (χ1v) is 8.21. The monoisotopic (exact) mass is 273 g/mol. The smallest absolute Gasteiger partial charge is 0.115 e. The molecular weight excluding hydrogens is 246 g/mol. The number of phenolic OH excluding ortho intramolecular Hbond substituents is 1. The Bertz CT molecular complexity index is 470. The Morgan fingerprint density at radius 2 is 2.00 bits per heavy atom. The van der Waals surface area contributed by atoms with Crippen LogP contribution in [0, 0.1) is 11.8 Å². The third kappa shape index (κ3) is 2.85. The van der Waals surface area contributed by atoms with E-state index in [0.717, 1.165) is 18.3 Å². The lowest BCUT2D eigenvalue weighted by molar-refractivity contribution is 0.208. The largest absolute Gasteiger partial charge is 0.508 e. The molecule has 20 heavy (non-hydrogen) atoms. The summed E-state index contributed by atoms with van der Waals surface area (Å²) in [5, 5.41) is 13.6. The van der Waals surface area contributed by atoms with Gasteiger partial charge in [0.05, 0.1) is 0 Å². The number of phenols is 1. The van der Waals surface area contributed by atoms with Gasteiger partial charge in [-0.25, -0.2) is 0 Å². The van der Waals surface area contributed by atoms with Gasteiger partial charge in [-0.15, -0.1) is 0 Å². The lowest BCUT2D eigenvalue weighted by Gasteiger charge is -2.37. The Labute approximate surface area is 122 Å². The van der Waals surface area contributed by atoms with E-state index in [0.29, 0.717) is 17.8 Å². The summed E-state index contributed by atoms with van der Waals surface area (Å²) in [4.78, 5) is 0. The van der Waals surface area contributed by atoms with Crippen LogP contribution in [0.15, 0.2) is 18.2 Å². The maximum Gasteiger partial charge on any atom is 0.115 e. The van der Waals surface area contributed by atoms with E-state index in [4.69, 9.17) is 0 Å². The van der Waals surface area contributed by atoms with E-state index in [1.165, 1.54) is 43.2 Å². The maximum atomic E-state index is 9.65. The van der Waals surface area contributed by atoms with Gasteiger partial charge in [0, 0.05) is 12.1 Å². The summed E-state index contributed by atoms with van der Waals surface area (Å²) < 4.78 is 0. The molecule has 2 nitrogen and oxygen atoms in total. The zero-order valence-corrected chi connectivity index (χ0v) is 12.7. The van der Waals surface area contributed by atoms with Gasteiger partial charge < -0.3 is 10.4 Å². The van der Waals surface area contributed by atoms with E-state index in [1.54, 1.807) is 0 Å². The van der Waals surface area contributed by atoms with Gasteiger partial charge in [-0.3, -0.25) is 0 Å². The minimum Gasteiger partial charge on any atom is -0.508 e. The van der Waals surface area contributed by atoms with Crippen LogP contribution in [-0.4, -0.2) is 11.1 Å². The molecule has 2 aliphatic rings. The average Bonchev–Trinajstić information content (AvgIpc) is 2.41. The minimum absolute atomic E-state index is 0.407. The SMILES string of the molecule is CC1CCC(NC2CCCc3cc(O)ccc32)C(C)C1. The van der Waals surface area contributed by atoms with Crippen LogP contribution >= 0.6 is 0 Å². The second-order valence-electron chi connectivity index (χ2n) is 7.00. The highest BCUT2D eigenvalue weighted by atomic mass is 16.3. The van der Waals surface area contributed by atoms with Crippen molar-refractivity contribution in [3.8, 4) is 5.75 Å². The number of aryl methyl sites for hydroxylation is 1. The molecule has 0 amide bonds. The summed E-state index contributed by atoms with van der Waals surface area (Å²) in [5.74, 6) is 2.07. The van der Waals surface area contributed by atoms with Crippen molar-refractivity contribution in [1.29, 1.82) is 0 Å². The average molecular weight is 273 g/mol. The molecule has 1 fully saturated rings. The Kier molecular flexibility index (Phi) is 4.02. The zero-order valence-electron chi connectivity index (χ0n) is 12.7. The molecule has 1 aromatic rings. The summed E-state index contributed by atoms with van der Waals surface area (Å²) in [6, 6.07) is 7.06. The van der Waals surface area contributed by atoms with Crippen LogP contribution in [0.25, 0.3) is 0 Å². The van der Waals surface area contributed by atoms with Crippen LogP contribution in [0.2, 0.25) is 0 Å². The van der Waals surface area contributed by atoms with Crippen molar-refractivity contribution in [3.05, 3.63) is 29.3 Å². The summed E-state index contributed by atoms with van der Waals surface area (Å²) in [5.41, 5.74) is 2.76. The van der Waals surface area contributed by atoms with Gasteiger partial charge in [0.15, 0.2) is 0 Å². The fourth-order valence-corrected chi connectivity index (χ4v) is 4.15. The van der Waals surface area contributed by atoms with Crippen LogP contribution in [0.5, 0.6) is 5.75 Å². The molecule has 1 saturated carbocycles. The molecular formula is C18H27NO. The predicted octanol–water partition coefficient (Wildman–Crippen LogP) is 4.18. The van der Waals surface area contributed by atoms with Crippen LogP contribution in [0.4, 0.5) is 0 Å². The number of rotatable bonds is 2. The van der Waals surface area contributed by atoms with E-state index in [2.05, 4.69) is 25.2 Å². The standard InChI is InChI=1S/C18H27NO/c1-12-6-9-17(13(2)10-12)19-18-5-3-4-14-11-15(20)7-8-16(14)18/h7-8,11-13,17-20H,3-6,9-10H2,1-2H3. The molecule has 0 aliphatic heterocycles. The molecule has 4 atom stereocenters. The minimum atomic E-state index is 0.407. The number of hydrogen-bond acceptors (Lipinski definition) is 2. The Morgan fingerprint density at radius 1 is 1.15 bits per heavy atom. The van der Waals surface area contributed by atoms with Crippen molar-refractivity contribution < 1.29 is 5.11 Å². The maximum absolute atomic E-state index is 9.65. The van der Waals surface area contributed by atoms with E-state index >= 15 is 0 Å². The quantitative estimate of drug-likeness (QED) is 0.847. The molecule has 0 heterocycles. The zero-order chi connectivity index (χ0) is 14.1. The van der Waals surface area contributed by atoms with Gasteiger partial charge >= 0.3 is 0 Å². The van der Waals surface area contributed by atoms with Crippen LogP contribution in [0.3, 0.4) is 0 Å². The lowest BCUT2D eigenvalue weighted by Crippen LogP contribution is -2.41. The molecule has 0 bridgehead atoms. The molecule has 2 heteroatoms. The number of hydrogen-bond donors (Lipinski definition) is 2. The number of fused-ring (bicyclic) bond motifs is 1. The molecule has 1 aromatic carbocycles. The molecule has 0 spiro atoms. The first kappa shape index (κ1) is 13.9. The Hall–Kier alpha value is -1.02. The second kappa shape index (κ2) is 5.77. The van der Waals surface area contributed by atoms with Gasteiger partial charge in [-0.05, 0) is 73.6 Å². The highest BCUT2D eigenvalue weighted by Gasteiger charge is 2.29. The number of nitrogens with one attached hydrogen (secondary N) is 1. The second-order valence-corrected chi connectivity index (χ2v) is 7.00. The van der Waals surface area contributed by atoms with Gasteiger partial charge in [-0.2, -0.15) is 0 Å². The van der Waals surface area contributed by atoms with E-state index in [1.807, 2.05) is 12.1 Å². The molecule has 4 unspecified atom stereocenters. The van der Waals surface area contributed by atoms with Crippen molar-refractivity contribution in [3.63, 3.8) is 0 Å².